The van der Waals surface area contributed by atoms with Gasteiger partial charge in [-0.1, -0.05) is 13.8 Å². The zero-order valence-corrected chi connectivity index (χ0v) is 14.4. The van der Waals surface area contributed by atoms with Crippen LogP contribution in [0.4, 0.5) is 0 Å². The minimum atomic E-state index is 0.288. The first kappa shape index (κ1) is 18.7. The third-order valence-corrected chi connectivity index (χ3v) is 3.36. The van der Waals surface area contributed by atoms with Crippen LogP contribution in [0.1, 0.15) is 40.0 Å². The average molecular weight is 312 g/mol. The summed E-state index contributed by atoms with van der Waals surface area (Å²) in [5, 5.41) is 6.49. The van der Waals surface area contributed by atoms with Crippen molar-refractivity contribution in [2.45, 2.75) is 40.0 Å². The van der Waals surface area contributed by atoms with Crippen LogP contribution in [0, 0.1) is 5.92 Å². The number of likely N-dealkylation sites (tertiary alicyclic amines) is 1. The summed E-state index contributed by atoms with van der Waals surface area (Å²) < 4.78 is 5.54. The molecule has 6 nitrogen and oxygen atoms in total. The van der Waals surface area contributed by atoms with Gasteiger partial charge in [-0.2, -0.15) is 0 Å². The molecule has 0 aromatic rings. The van der Waals surface area contributed by atoms with E-state index in [0.29, 0.717) is 18.9 Å². The van der Waals surface area contributed by atoms with Crippen LogP contribution >= 0.6 is 0 Å². The molecule has 128 valence electrons. The predicted octanol–water partition coefficient (Wildman–Crippen LogP) is 1.23. The number of nitrogens with one attached hydrogen (secondary N) is 2. The van der Waals surface area contributed by atoms with Crippen molar-refractivity contribution < 1.29 is 9.53 Å². The molecule has 2 N–H and O–H groups in total. The molecule has 0 spiro atoms. The molecule has 0 aliphatic carbocycles. The van der Waals surface area contributed by atoms with Crippen LogP contribution in [0.2, 0.25) is 0 Å². The van der Waals surface area contributed by atoms with Crippen molar-refractivity contribution >= 4 is 11.9 Å². The van der Waals surface area contributed by atoms with Crippen molar-refractivity contribution in [2.24, 2.45) is 10.9 Å². The Morgan fingerprint density at radius 2 is 2.23 bits per heavy atom. The Bertz CT molecular complexity index is 345. The first-order chi connectivity index (χ1) is 10.6. The van der Waals surface area contributed by atoms with E-state index in [1.165, 1.54) is 0 Å². The molecule has 22 heavy (non-hydrogen) atoms. The lowest BCUT2D eigenvalue weighted by atomic mass is 10.2. The van der Waals surface area contributed by atoms with Crippen molar-refractivity contribution in [1.82, 2.24) is 15.5 Å². The zero-order valence-electron chi connectivity index (χ0n) is 14.4. The first-order valence-corrected chi connectivity index (χ1v) is 8.51. The minimum Gasteiger partial charge on any atom is -0.379 e. The molecule has 1 aliphatic heterocycles. The van der Waals surface area contributed by atoms with E-state index in [2.05, 4.69) is 36.4 Å². The van der Waals surface area contributed by atoms with Gasteiger partial charge in [0.25, 0.3) is 0 Å². The van der Waals surface area contributed by atoms with E-state index in [1.54, 1.807) is 0 Å². The fraction of sp³-hybridized carbons (Fsp3) is 0.875. The Labute approximate surface area is 134 Å². The molecule has 1 saturated heterocycles. The number of carbonyl (C=O) groups excluding carboxylic acids is 1. The smallest absolute Gasteiger partial charge is 0.222 e. The summed E-state index contributed by atoms with van der Waals surface area (Å²) in [4.78, 5) is 18.0. The number of amides is 1. The molecule has 1 aliphatic rings. The summed E-state index contributed by atoms with van der Waals surface area (Å²) in [5.41, 5.74) is 0. The summed E-state index contributed by atoms with van der Waals surface area (Å²) in [7, 11) is 0. The Morgan fingerprint density at radius 1 is 1.41 bits per heavy atom. The molecular formula is C16H32N4O2. The van der Waals surface area contributed by atoms with Gasteiger partial charge in [0.2, 0.25) is 5.91 Å². The van der Waals surface area contributed by atoms with E-state index in [1.807, 2.05) is 4.90 Å². The standard InChI is InChI=1S/C16H32N4O2/c1-4-17-16(19-9-12-22-13-14(2)3)18-8-6-11-20-10-5-7-15(20)21/h14H,4-13H2,1-3H3,(H2,17,18,19). The molecule has 0 radical (unpaired) electrons. The molecule has 0 aromatic carbocycles. The number of ether oxygens (including phenoxy) is 1. The Hall–Kier alpha value is -1.30. The molecule has 0 aromatic heterocycles. The van der Waals surface area contributed by atoms with Gasteiger partial charge in [0.05, 0.1) is 6.61 Å². The monoisotopic (exact) mass is 312 g/mol. The van der Waals surface area contributed by atoms with E-state index in [-0.39, 0.29) is 5.91 Å². The summed E-state index contributed by atoms with van der Waals surface area (Å²) in [5.74, 6) is 1.68. The van der Waals surface area contributed by atoms with Crippen LogP contribution in [0.15, 0.2) is 4.99 Å². The molecule has 0 atom stereocenters. The second kappa shape index (κ2) is 11.3. The summed E-state index contributed by atoms with van der Waals surface area (Å²) in [6, 6.07) is 0. The lowest BCUT2D eigenvalue weighted by Gasteiger charge is -2.15. The highest BCUT2D eigenvalue weighted by Gasteiger charge is 2.18. The van der Waals surface area contributed by atoms with Gasteiger partial charge in [-0.25, -0.2) is 0 Å². The Morgan fingerprint density at radius 3 is 2.86 bits per heavy atom. The summed E-state index contributed by atoms with van der Waals surface area (Å²) in [6.07, 6.45) is 2.62. The first-order valence-electron chi connectivity index (χ1n) is 8.51. The van der Waals surface area contributed by atoms with Crippen LogP contribution in [0.5, 0.6) is 0 Å². The number of rotatable bonds is 10. The number of hydrogen-bond acceptors (Lipinski definition) is 3. The highest BCUT2D eigenvalue weighted by molar-refractivity contribution is 5.79. The largest absolute Gasteiger partial charge is 0.379 e. The normalized spacial score (nSPS) is 15.7. The molecule has 0 bridgehead atoms. The van der Waals surface area contributed by atoms with Crippen molar-refractivity contribution in [1.29, 1.82) is 0 Å². The van der Waals surface area contributed by atoms with Crippen LogP contribution in [0.25, 0.3) is 0 Å². The zero-order chi connectivity index (χ0) is 16.2. The van der Waals surface area contributed by atoms with E-state index in [0.717, 1.165) is 58.1 Å². The number of aliphatic imine (C=N–C) groups is 1. The van der Waals surface area contributed by atoms with Gasteiger partial charge < -0.3 is 20.3 Å². The SMILES string of the molecule is CCNC(=NCCCN1CCCC1=O)NCCOCC(C)C. The number of hydrogen-bond donors (Lipinski definition) is 2. The van der Waals surface area contributed by atoms with Gasteiger partial charge in [-0.3, -0.25) is 9.79 Å². The van der Waals surface area contributed by atoms with Gasteiger partial charge in [0, 0.05) is 45.8 Å². The van der Waals surface area contributed by atoms with Gasteiger partial charge in [-0.05, 0) is 25.7 Å². The lowest BCUT2D eigenvalue weighted by molar-refractivity contribution is -0.127. The van der Waals surface area contributed by atoms with E-state index >= 15 is 0 Å². The molecule has 1 rings (SSSR count). The van der Waals surface area contributed by atoms with Crippen molar-refractivity contribution in [3.05, 3.63) is 0 Å². The van der Waals surface area contributed by atoms with Gasteiger partial charge in [-0.15, -0.1) is 0 Å². The molecule has 0 saturated carbocycles. The van der Waals surface area contributed by atoms with Crippen LogP contribution in [-0.2, 0) is 9.53 Å². The maximum absolute atomic E-state index is 11.5. The van der Waals surface area contributed by atoms with Crippen LogP contribution < -0.4 is 10.6 Å². The predicted molar refractivity (Wildman–Crippen MR) is 90.1 cm³/mol. The third-order valence-electron chi connectivity index (χ3n) is 3.36. The van der Waals surface area contributed by atoms with E-state index in [9.17, 15) is 4.79 Å². The van der Waals surface area contributed by atoms with Crippen molar-refractivity contribution in [3.63, 3.8) is 0 Å². The van der Waals surface area contributed by atoms with Gasteiger partial charge in [0.1, 0.15) is 0 Å². The molecule has 6 heteroatoms. The highest BCUT2D eigenvalue weighted by Crippen LogP contribution is 2.09. The number of guanidine groups is 1. The minimum absolute atomic E-state index is 0.288. The van der Waals surface area contributed by atoms with E-state index < -0.39 is 0 Å². The van der Waals surface area contributed by atoms with Gasteiger partial charge in [0.15, 0.2) is 5.96 Å². The maximum atomic E-state index is 11.5. The quantitative estimate of drug-likeness (QED) is 0.362. The highest BCUT2D eigenvalue weighted by atomic mass is 16.5. The molecular weight excluding hydrogens is 280 g/mol. The average Bonchev–Trinajstić information content (AvgIpc) is 2.88. The van der Waals surface area contributed by atoms with Crippen LogP contribution in [0.3, 0.4) is 0 Å². The molecule has 1 amide bonds. The molecule has 1 heterocycles. The van der Waals surface area contributed by atoms with E-state index in [4.69, 9.17) is 4.74 Å². The summed E-state index contributed by atoms with van der Waals surface area (Å²) in [6.45, 7) is 11.9. The molecule has 1 fully saturated rings. The molecule has 0 unspecified atom stereocenters. The van der Waals surface area contributed by atoms with Crippen molar-refractivity contribution in [3.8, 4) is 0 Å². The van der Waals surface area contributed by atoms with Gasteiger partial charge >= 0.3 is 0 Å². The van der Waals surface area contributed by atoms with Crippen LogP contribution in [-0.4, -0.2) is 62.7 Å². The second-order valence-electron chi connectivity index (χ2n) is 5.99. The topological polar surface area (TPSA) is 66.0 Å². The fourth-order valence-corrected chi connectivity index (χ4v) is 2.30. The maximum Gasteiger partial charge on any atom is 0.222 e. The van der Waals surface area contributed by atoms with Crippen molar-refractivity contribution in [2.75, 3.05) is 45.9 Å². The summed E-state index contributed by atoms with van der Waals surface area (Å²) >= 11 is 0. The lowest BCUT2D eigenvalue weighted by Crippen LogP contribution is -2.39. The second-order valence-corrected chi connectivity index (χ2v) is 5.99. The third kappa shape index (κ3) is 8.22. The number of nitrogens with zero attached hydrogens (tertiary/aromatic N) is 2. The number of carbonyl (C=O) groups is 1. The fourth-order valence-electron chi connectivity index (χ4n) is 2.30. The Balaban J connectivity index is 2.16. The Kier molecular flexibility index (Phi) is 9.62.